The molecule has 1 aliphatic carbocycles. The molecule has 2 atom stereocenters. The van der Waals surface area contributed by atoms with Gasteiger partial charge in [0, 0.05) is 12.1 Å². The Morgan fingerprint density at radius 2 is 2.14 bits per heavy atom. The zero-order valence-corrected chi connectivity index (χ0v) is 13.5. The molecular weight excluding hydrogens is 260 g/mol. The van der Waals surface area contributed by atoms with Crippen LogP contribution in [-0.4, -0.2) is 5.91 Å². The molecule has 1 aromatic carbocycles. The van der Waals surface area contributed by atoms with E-state index >= 15 is 0 Å². The first-order valence-corrected chi connectivity index (χ1v) is 8.13. The molecule has 0 fully saturated rings. The van der Waals surface area contributed by atoms with Crippen LogP contribution in [0.3, 0.4) is 0 Å². The number of benzene rings is 1. The van der Waals surface area contributed by atoms with Crippen LogP contribution in [0.1, 0.15) is 63.6 Å². The van der Waals surface area contributed by atoms with E-state index < -0.39 is 0 Å². The van der Waals surface area contributed by atoms with Crippen molar-refractivity contribution in [1.82, 2.24) is 5.32 Å². The van der Waals surface area contributed by atoms with Crippen molar-refractivity contribution >= 4 is 11.6 Å². The summed E-state index contributed by atoms with van der Waals surface area (Å²) in [5.74, 6) is 1.27. The minimum Gasteiger partial charge on any atom is -0.399 e. The summed E-state index contributed by atoms with van der Waals surface area (Å²) >= 11 is 0. The predicted octanol–water partition coefficient (Wildman–Crippen LogP) is 3.83. The third kappa shape index (κ3) is 4.48. The zero-order valence-electron chi connectivity index (χ0n) is 13.5. The van der Waals surface area contributed by atoms with Gasteiger partial charge in [0.1, 0.15) is 0 Å². The van der Waals surface area contributed by atoms with Crippen LogP contribution < -0.4 is 11.1 Å². The van der Waals surface area contributed by atoms with E-state index in [1.165, 1.54) is 11.1 Å². The van der Waals surface area contributed by atoms with E-state index in [2.05, 4.69) is 38.2 Å². The van der Waals surface area contributed by atoms with Gasteiger partial charge in [0.2, 0.25) is 5.91 Å². The molecule has 116 valence electrons. The minimum atomic E-state index is 0.160. The molecule has 2 unspecified atom stereocenters. The quantitative estimate of drug-likeness (QED) is 0.809. The number of anilines is 1. The highest BCUT2D eigenvalue weighted by atomic mass is 16.1. The van der Waals surface area contributed by atoms with Gasteiger partial charge in [-0.2, -0.15) is 0 Å². The van der Waals surface area contributed by atoms with Gasteiger partial charge in [0.15, 0.2) is 0 Å². The van der Waals surface area contributed by atoms with Gasteiger partial charge in [-0.25, -0.2) is 0 Å². The lowest BCUT2D eigenvalue weighted by molar-refractivity contribution is -0.122. The van der Waals surface area contributed by atoms with Crippen LogP contribution >= 0.6 is 0 Å². The molecule has 1 aromatic rings. The number of fused-ring (bicyclic) bond motifs is 1. The Labute approximate surface area is 128 Å². The van der Waals surface area contributed by atoms with Gasteiger partial charge in [-0.1, -0.05) is 26.8 Å². The van der Waals surface area contributed by atoms with Crippen LogP contribution in [0.25, 0.3) is 0 Å². The molecule has 0 aliphatic heterocycles. The highest BCUT2D eigenvalue weighted by Crippen LogP contribution is 2.31. The third-order valence-corrected chi connectivity index (χ3v) is 4.22. The van der Waals surface area contributed by atoms with Crippen molar-refractivity contribution < 1.29 is 4.79 Å². The number of rotatable bonds is 5. The average molecular weight is 288 g/mol. The van der Waals surface area contributed by atoms with E-state index in [1.54, 1.807) is 0 Å². The molecule has 0 saturated carbocycles. The molecule has 0 aromatic heterocycles. The first kappa shape index (κ1) is 15.9. The normalized spacial score (nSPS) is 19.1. The number of carbonyl (C=O) groups is 1. The van der Waals surface area contributed by atoms with Crippen molar-refractivity contribution in [3.63, 3.8) is 0 Å². The molecule has 3 heteroatoms. The fraction of sp³-hybridized carbons (Fsp3) is 0.611. The van der Waals surface area contributed by atoms with Crippen LogP contribution in [0.15, 0.2) is 18.2 Å². The topological polar surface area (TPSA) is 55.1 Å². The molecule has 0 saturated heterocycles. The lowest BCUT2D eigenvalue weighted by Crippen LogP contribution is -2.32. The summed E-state index contributed by atoms with van der Waals surface area (Å²) in [6.07, 6.45) is 4.94. The Morgan fingerprint density at radius 3 is 2.86 bits per heavy atom. The van der Waals surface area contributed by atoms with Crippen molar-refractivity contribution in [1.29, 1.82) is 0 Å². The predicted molar refractivity (Wildman–Crippen MR) is 87.9 cm³/mol. The lowest BCUT2D eigenvalue weighted by atomic mass is 9.87. The highest BCUT2D eigenvalue weighted by molar-refractivity contribution is 5.76. The largest absolute Gasteiger partial charge is 0.399 e. The number of aryl methyl sites for hydroxylation is 1. The van der Waals surface area contributed by atoms with E-state index in [4.69, 9.17) is 5.73 Å². The second-order valence-corrected chi connectivity index (χ2v) is 6.91. The van der Waals surface area contributed by atoms with Gasteiger partial charge in [0.25, 0.3) is 0 Å². The van der Waals surface area contributed by atoms with E-state index in [0.717, 1.165) is 31.4 Å². The average Bonchev–Trinajstić information content (AvgIpc) is 2.37. The first-order chi connectivity index (χ1) is 9.95. The standard InChI is InChI=1S/C18H28N2O/c1-12(2)9-13(3)10-18(21)20-17-6-4-5-14-11-15(19)7-8-16(14)17/h7-8,11-13,17H,4-6,9-10,19H2,1-3H3,(H,20,21). The molecule has 0 heterocycles. The summed E-state index contributed by atoms with van der Waals surface area (Å²) in [7, 11) is 0. The molecular formula is C18H28N2O. The Balaban J connectivity index is 1.96. The van der Waals surface area contributed by atoms with Crippen molar-refractivity contribution in [2.45, 2.75) is 58.9 Å². The van der Waals surface area contributed by atoms with Crippen LogP contribution in [-0.2, 0) is 11.2 Å². The van der Waals surface area contributed by atoms with Gasteiger partial charge < -0.3 is 11.1 Å². The molecule has 0 radical (unpaired) electrons. The molecule has 0 spiro atoms. The summed E-state index contributed by atoms with van der Waals surface area (Å²) in [5.41, 5.74) is 9.21. The molecule has 2 rings (SSSR count). The summed E-state index contributed by atoms with van der Waals surface area (Å²) in [5, 5.41) is 3.22. The number of nitrogen functional groups attached to an aromatic ring is 1. The number of nitrogens with two attached hydrogens (primary N) is 1. The monoisotopic (exact) mass is 288 g/mol. The molecule has 3 nitrogen and oxygen atoms in total. The van der Waals surface area contributed by atoms with Crippen LogP contribution in [0.2, 0.25) is 0 Å². The molecule has 0 bridgehead atoms. The van der Waals surface area contributed by atoms with Crippen molar-refractivity contribution in [2.75, 3.05) is 5.73 Å². The zero-order chi connectivity index (χ0) is 15.4. The Bertz CT molecular complexity index is 496. The summed E-state index contributed by atoms with van der Waals surface area (Å²) in [6, 6.07) is 6.22. The fourth-order valence-electron chi connectivity index (χ4n) is 3.44. The number of amides is 1. The number of hydrogen-bond donors (Lipinski definition) is 2. The molecule has 1 aliphatic rings. The van der Waals surface area contributed by atoms with Crippen molar-refractivity contribution in [3.05, 3.63) is 29.3 Å². The Kier molecular flexibility index (Phi) is 5.27. The van der Waals surface area contributed by atoms with Crippen LogP contribution in [0.5, 0.6) is 0 Å². The second kappa shape index (κ2) is 6.97. The van der Waals surface area contributed by atoms with Gasteiger partial charge in [-0.05, 0) is 60.8 Å². The van der Waals surface area contributed by atoms with E-state index in [-0.39, 0.29) is 11.9 Å². The maximum absolute atomic E-state index is 12.2. The van der Waals surface area contributed by atoms with Gasteiger partial charge in [-0.3, -0.25) is 4.79 Å². The SMILES string of the molecule is CC(C)CC(C)CC(=O)NC1CCCc2cc(N)ccc21. The van der Waals surface area contributed by atoms with E-state index in [1.807, 2.05) is 6.07 Å². The Morgan fingerprint density at radius 1 is 1.38 bits per heavy atom. The van der Waals surface area contributed by atoms with Gasteiger partial charge >= 0.3 is 0 Å². The number of carbonyl (C=O) groups excluding carboxylic acids is 1. The lowest BCUT2D eigenvalue weighted by Gasteiger charge is -2.27. The highest BCUT2D eigenvalue weighted by Gasteiger charge is 2.22. The molecule has 21 heavy (non-hydrogen) atoms. The fourth-order valence-corrected chi connectivity index (χ4v) is 3.44. The van der Waals surface area contributed by atoms with Gasteiger partial charge in [0.05, 0.1) is 6.04 Å². The van der Waals surface area contributed by atoms with Crippen molar-refractivity contribution in [3.8, 4) is 0 Å². The van der Waals surface area contributed by atoms with E-state index in [0.29, 0.717) is 18.3 Å². The Hall–Kier alpha value is -1.51. The van der Waals surface area contributed by atoms with E-state index in [9.17, 15) is 4.79 Å². The minimum absolute atomic E-state index is 0.160. The maximum Gasteiger partial charge on any atom is 0.220 e. The van der Waals surface area contributed by atoms with Crippen LogP contribution in [0.4, 0.5) is 5.69 Å². The number of hydrogen-bond acceptors (Lipinski definition) is 2. The molecule has 3 N–H and O–H groups in total. The van der Waals surface area contributed by atoms with Gasteiger partial charge in [-0.15, -0.1) is 0 Å². The number of nitrogens with one attached hydrogen (secondary N) is 1. The van der Waals surface area contributed by atoms with Crippen molar-refractivity contribution in [2.24, 2.45) is 11.8 Å². The third-order valence-electron chi connectivity index (χ3n) is 4.22. The molecule has 1 amide bonds. The summed E-state index contributed by atoms with van der Waals surface area (Å²) < 4.78 is 0. The summed E-state index contributed by atoms with van der Waals surface area (Å²) in [6.45, 7) is 6.57. The summed E-state index contributed by atoms with van der Waals surface area (Å²) in [4.78, 5) is 12.2. The smallest absolute Gasteiger partial charge is 0.220 e. The maximum atomic E-state index is 12.2. The van der Waals surface area contributed by atoms with Crippen LogP contribution in [0, 0.1) is 11.8 Å². The first-order valence-electron chi connectivity index (χ1n) is 8.13. The second-order valence-electron chi connectivity index (χ2n) is 6.91.